The van der Waals surface area contributed by atoms with E-state index >= 15 is 0 Å². The molecule has 3 heterocycles. The number of rotatable bonds is 0. The van der Waals surface area contributed by atoms with Crippen LogP contribution in [0.3, 0.4) is 0 Å². The van der Waals surface area contributed by atoms with E-state index < -0.39 is 29.9 Å². The monoisotopic (exact) mass is 177 g/mol. The Morgan fingerprint density at radius 3 is 2.42 bits per heavy atom. The summed E-state index contributed by atoms with van der Waals surface area (Å²) in [5.41, 5.74) is -3.00. The van der Waals surface area contributed by atoms with Gasteiger partial charge in [-0.25, -0.2) is 0 Å². The molecule has 0 aromatic heterocycles. The fraction of sp³-hybridized carbons (Fsp3) is 1.00. The molecule has 3 rings (SSSR count). The lowest BCUT2D eigenvalue weighted by atomic mass is 9.79. The first-order valence-corrected chi connectivity index (χ1v) is 3.64. The zero-order valence-corrected chi connectivity index (χ0v) is 6.43. The molecule has 3 aliphatic heterocycles. The van der Waals surface area contributed by atoms with E-state index in [1.165, 1.54) is 6.92 Å². The van der Waals surface area contributed by atoms with Gasteiger partial charge in [0.25, 0.3) is 0 Å². The fourth-order valence-corrected chi connectivity index (χ4v) is 1.74. The van der Waals surface area contributed by atoms with Gasteiger partial charge in [0, 0.05) is 0 Å². The maximum Gasteiger partial charge on any atom is 0.187 e. The van der Waals surface area contributed by atoms with Gasteiger partial charge in [-0.2, -0.15) is 0 Å². The van der Waals surface area contributed by atoms with Crippen LogP contribution in [0.5, 0.6) is 0 Å². The third-order valence-corrected chi connectivity index (χ3v) is 2.47. The highest BCUT2D eigenvalue weighted by Crippen LogP contribution is 2.42. The van der Waals surface area contributed by atoms with E-state index in [0.717, 1.165) is 0 Å². The molecule has 5 N–H and O–H groups in total. The molecule has 0 radical (unpaired) electrons. The molecule has 0 aromatic rings. The van der Waals surface area contributed by atoms with Gasteiger partial charge in [-0.15, -0.1) is 0 Å². The third kappa shape index (κ3) is 0.698. The molecule has 0 aliphatic carbocycles. The molecular weight excluding hydrogens is 166 g/mol. The molecule has 0 aromatic carbocycles. The fourth-order valence-electron chi connectivity index (χ4n) is 1.74. The summed E-state index contributed by atoms with van der Waals surface area (Å²) in [7, 11) is 0. The van der Waals surface area contributed by atoms with Crippen LogP contribution < -0.4 is 5.32 Å². The minimum Gasteiger partial charge on any atom is -0.384 e. The Morgan fingerprint density at radius 2 is 1.92 bits per heavy atom. The number of nitrogens with one attached hydrogen (secondary N) is 1. The van der Waals surface area contributed by atoms with Crippen molar-refractivity contribution in [2.24, 2.45) is 0 Å². The highest BCUT2D eigenvalue weighted by molar-refractivity contribution is 5.15. The van der Waals surface area contributed by atoms with Gasteiger partial charge in [-0.1, -0.05) is 0 Å². The zero-order chi connectivity index (χ0) is 9.15. The second-order valence-corrected chi connectivity index (χ2v) is 3.41. The summed E-state index contributed by atoms with van der Waals surface area (Å²) >= 11 is 0. The van der Waals surface area contributed by atoms with E-state index in [0.29, 0.717) is 0 Å². The third-order valence-electron chi connectivity index (χ3n) is 2.47. The Kier molecular flexibility index (Phi) is 1.38. The summed E-state index contributed by atoms with van der Waals surface area (Å²) in [5, 5.41) is 39.4. The van der Waals surface area contributed by atoms with Crippen LogP contribution >= 0.6 is 0 Å². The molecule has 0 saturated carbocycles. The van der Waals surface area contributed by atoms with Crippen molar-refractivity contribution in [2.45, 2.75) is 36.9 Å². The summed E-state index contributed by atoms with van der Waals surface area (Å²) < 4.78 is 4.81. The zero-order valence-electron chi connectivity index (χ0n) is 6.43. The SMILES string of the molecule is CC12NC(O)(C(O)[C@@H](O)O1)[C@H]2O. The Labute approximate surface area is 68.4 Å². The van der Waals surface area contributed by atoms with E-state index in [-0.39, 0.29) is 0 Å². The van der Waals surface area contributed by atoms with Crippen LogP contribution in [0, 0.1) is 0 Å². The van der Waals surface area contributed by atoms with Crippen LogP contribution in [0.25, 0.3) is 0 Å². The largest absolute Gasteiger partial charge is 0.384 e. The minimum atomic E-state index is -1.84. The average molecular weight is 177 g/mol. The van der Waals surface area contributed by atoms with Crippen molar-refractivity contribution in [3.05, 3.63) is 0 Å². The van der Waals surface area contributed by atoms with Crippen molar-refractivity contribution in [1.82, 2.24) is 5.32 Å². The van der Waals surface area contributed by atoms with Crippen LogP contribution in [-0.2, 0) is 4.74 Å². The molecule has 6 heteroatoms. The summed E-state index contributed by atoms with van der Waals surface area (Å²) in [5.74, 6) is 0. The van der Waals surface area contributed by atoms with Gasteiger partial charge >= 0.3 is 0 Å². The highest BCUT2D eigenvalue weighted by atomic mass is 16.7. The second kappa shape index (κ2) is 1.98. The van der Waals surface area contributed by atoms with Crippen LogP contribution in [0.1, 0.15) is 6.92 Å². The minimum absolute atomic E-state index is 1.16. The molecule has 3 unspecified atom stereocenters. The van der Waals surface area contributed by atoms with Gasteiger partial charge in [-0.3, -0.25) is 5.32 Å². The maximum atomic E-state index is 9.46. The molecule has 3 aliphatic rings. The van der Waals surface area contributed by atoms with Gasteiger partial charge in [0.1, 0.15) is 12.2 Å². The van der Waals surface area contributed by atoms with Crippen molar-refractivity contribution in [1.29, 1.82) is 0 Å². The molecule has 5 atom stereocenters. The summed E-state index contributed by atoms with van der Waals surface area (Å²) in [4.78, 5) is 0. The normalized spacial score (nSPS) is 64.2. The van der Waals surface area contributed by atoms with E-state index in [1.807, 2.05) is 0 Å². The summed E-state index contributed by atoms with van der Waals surface area (Å²) in [6.45, 7) is 1.47. The van der Waals surface area contributed by atoms with E-state index in [9.17, 15) is 15.3 Å². The number of fused-ring (bicyclic) bond motifs is 2. The van der Waals surface area contributed by atoms with Crippen LogP contribution in [0.2, 0.25) is 0 Å². The van der Waals surface area contributed by atoms with Crippen molar-refractivity contribution >= 4 is 0 Å². The number of aliphatic hydroxyl groups is 4. The van der Waals surface area contributed by atoms with Gasteiger partial charge in [-0.05, 0) is 6.92 Å². The Morgan fingerprint density at radius 1 is 1.33 bits per heavy atom. The Balaban J connectivity index is 2.28. The van der Waals surface area contributed by atoms with Gasteiger partial charge in [0.15, 0.2) is 17.7 Å². The summed E-state index contributed by atoms with van der Waals surface area (Å²) in [6, 6.07) is 0. The average Bonchev–Trinajstić information content (AvgIpc) is 1.99. The first kappa shape index (κ1) is 8.36. The van der Waals surface area contributed by atoms with Crippen molar-refractivity contribution in [2.75, 3.05) is 0 Å². The molecule has 3 fully saturated rings. The van der Waals surface area contributed by atoms with Crippen LogP contribution in [0.15, 0.2) is 0 Å². The van der Waals surface area contributed by atoms with Crippen LogP contribution in [-0.4, -0.2) is 50.4 Å². The van der Waals surface area contributed by atoms with E-state index in [2.05, 4.69) is 5.32 Å². The van der Waals surface area contributed by atoms with Crippen molar-refractivity contribution in [3.8, 4) is 0 Å². The smallest absolute Gasteiger partial charge is 0.187 e. The molecule has 3 saturated heterocycles. The molecule has 6 nitrogen and oxygen atoms in total. The highest BCUT2D eigenvalue weighted by Gasteiger charge is 2.70. The number of ether oxygens (including phenoxy) is 1. The van der Waals surface area contributed by atoms with Crippen molar-refractivity contribution < 1.29 is 25.2 Å². The second-order valence-electron chi connectivity index (χ2n) is 3.41. The van der Waals surface area contributed by atoms with E-state index in [1.54, 1.807) is 0 Å². The van der Waals surface area contributed by atoms with Gasteiger partial charge in [0.05, 0.1) is 0 Å². The lowest BCUT2D eigenvalue weighted by Gasteiger charge is -2.63. The maximum absolute atomic E-state index is 9.46. The molecule has 0 amide bonds. The topological polar surface area (TPSA) is 102 Å². The predicted octanol–water partition coefficient (Wildman–Crippen LogP) is -2.94. The standard InChI is InChI=1S/C6H11NO5/c1-5-4(10)6(11,7-5)2(8)3(9)12-5/h2-4,7-11H,1H3/t2?,3-,4-,5?,6?/m0/s1. The van der Waals surface area contributed by atoms with Crippen molar-refractivity contribution in [3.63, 3.8) is 0 Å². The Bertz CT molecular complexity index is 214. The number of aliphatic hydroxyl groups excluding tert-OH is 3. The molecule has 70 valence electrons. The number of hydrogen-bond donors (Lipinski definition) is 5. The van der Waals surface area contributed by atoms with Gasteiger partial charge < -0.3 is 25.2 Å². The molecule has 12 heavy (non-hydrogen) atoms. The van der Waals surface area contributed by atoms with E-state index in [4.69, 9.17) is 9.84 Å². The van der Waals surface area contributed by atoms with Crippen LogP contribution in [0.4, 0.5) is 0 Å². The molecular formula is C6H11NO5. The molecule has 2 bridgehead atoms. The first-order valence-electron chi connectivity index (χ1n) is 3.64. The predicted molar refractivity (Wildman–Crippen MR) is 35.6 cm³/mol. The first-order chi connectivity index (χ1) is 5.40. The Hall–Kier alpha value is -0.240. The molecule has 0 spiro atoms. The summed E-state index contributed by atoms with van der Waals surface area (Å²) in [6.07, 6.45) is -4.23. The van der Waals surface area contributed by atoms with Gasteiger partial charge in [0.2, 0.25) is 0 Å². The lowest BCUT2D eigenvalue weighted by molar-refractivity contribution is -0.434. The quantitative estimate of drug-likeness (QED) is 0.271. The number of hydrogen-bond acceptors (Lipinski definition) is 6. The lowest BCUT2D eigenvalue weighted by Crippen LogP contribution is -2.91.